The molecule has 0 atom stereocenters. The molecule has 1 N–H and O–H groups in total. The summed E-state index contributed by atoms with van der Waals surface area (Å²) in [6, 6.07) is 11.1. The van der Waals surface area contributed by atoms with Crippen LogP contribution in [0.25, 0.3) is 0 Å². The monoisotopic (exact) mass is 318 g/mol. The molecule has 1 aliphatic heterocycles. The number of nitrogens with zero attached hydrogens (tertiary/aromatic N) is 1. The van der Waals surface area contributed by atoms with Gasteiger partial charge >= 0.3 is 0 Å². The van der Waals surface area contributed by atoms with Gasteiger partial charge in [-0.3, -0.25) is 4.79 Å². The van der Waals surface area contributed by atoms with E-state index in [-0.39, 0.29) is 11.5 Å². The Bertz CT molecular complexity index is 699. The Morgan fingerprint density at radius 2 is 1.86 bits per heavy atom. The second kappa shape index (κ2) is 6.36. The summed E-state index contributed by atoms with van der Waals surface area (Å²) >= 11 is 6.31. The van der Waals surface area contributed by atoms with E-state index in [0.29, 0.717) is 10.7 Å². The smallest absolute Gasteiger partial charge is 0.255 e. The predicted octanol–water partition coefficient (Wildman–Crippen LogP) is 4.33. The van der Waals surface area contributed by atoms with Gasteiger partial charge < -0.3 is 10.2 Å². The van der Waals surface area contributed by atoms with E-state index in [4.69, 9.17) is 11.6 Å². The molecule has 114 valence electrons. The number of hydrogen-bond acceptors (Lipinski definition) is 2. The first-order valence-electron chi connectivity index (χ1n) is 7.25. The average molecular weight is 319 g/mol. The van der Waals surface area contributed by atoms with Gasteiger partial charge in [-0.25, -0.2) is 4.39 Å². The van der Waals surface area contributed by atoms with Crippen LogP contribution in [-0.4, -0.2) is 19.0 Å². The summed E-state index contributed by atoms with van der Waals surface area (Å²) in [7, 11) is 0. The summed E-state index contributed by atoms with van der Waals surface area (Å²) in [5.41, 5.74) is 1.78. The van der Waals surface area contributed by atoms with Gasteiger partial charge in [0.2, 0.25) is 0 Å². The molecular weight excluding hydrogens is 303 g/mol. The van der Waals surface area contributed by atoms with Crippen molar-refractivity contribution in [3.05, 3.63) is 58.9 Å². The highest BCUT2D eigenvalue weighted by Crippen LogP contribution is 2.36. The number of para-hydroxylation sites is 1. The van der Waals surface area contributed by atoms with Gasteiger partial charge in [0.05, 0.1) is 16.4 Å². The number of rotatable bonds is 3. The maximum absolute atomic E-state index is 13.2. The highest BCUT2D eigenvalue weighted by atomic mass is 35.5. The fourth-order valence-electron chi connectivity index (χ4n) is 2.70. The highest BCUT2D eigenvalue weighted by molar-refractivity contribution is 6.34. The molecule has 22 heavy (non-hydrogen) atoms. The van der Waals surface area contributed by atoms with E-state index in [1.807, 2.05) is 12.1 Å². The SMILES string of the molecule is O=C(Nc1cccc(Cl)c1N1CCCC1)c1cccc(F)c1. The second-order valence-electron chi connectivity index (χ2n) is 5.29. The lowest BCUT2D eigenvalue weighted by Gasteiger charge is -2.23. The zero-order valence-electron chi connectivity index (χ0n) is 12.0. The maximum atomic E-state index is 13.2. The molecule has 1 fully saturated rings. The number of carbonyl (C=O) groups excluding carboxylic acids is 1. The molecule has 5 heteroatoms. The van der Waals surface area contributed by atoms with E-state index in [2.05, 4.69) is 10.2 Å². The Morgan fingerprint density at radius 3 is 2.59 bits per heavy atom. The zero-order valence-corrected chi connectivity index (χ0v) is 12.7. The lowest BCUT2D eigenvalue weighted by atomic mass is 10.2. The van der Waals surface area contributed by atoms with Gasteiger partial charge in [0.1, 0.15) is 5.82 Å². The van der Waals surface area contributed by atoms with Gasteiger partial charge in [0.25, 0.3) is 5.91 Å². The first-order valence-corrected chi connectivity index (χ1v) is 7.63. The van der Waals surface area contributed by atoms with Crippen molar-refractivity contribution in [2.45, 2.75) is 12.8 Å². The number of benzene rings is 2. The van der Waals surface area contributed by atoms with E-state index in [0.717, 1.165) is 31.6 Å². The lowest BCUT2D eigenvalue weighted by molar-refractivity contribution is 0.102. The molecule has 1 saturated heterocycles. The van der Waals surface area contributed by atoms with Crippen molar-refractivity contribution in [3.8, 4) is 0 Å². The van der Waals surface area contributed by atoms with Crippen molar-refractivity contribution in [1.82, 2.24) is 0 Å². The molecule has 2 aromatic rings. The molecule has 0 radical (unpaired) electrons. The van der Waals surface area contributed by atoms with Gasteiger partial charge in [-0.2, -0.15) is 0 Å². The van der Waals surface area contributed by atoms with Gasteiger partial charge in [-0.1, -0.05) is 23.7 Å². The van der Waals surface area contributed by atoms with Crippen LogP contribution < -0.4 is 10.2 Å². The number of amides is 1. The molecule has 3 rings (SSSR count). The molecule has 2 aromatic carbocycles. The lowest BCUT2D eigenvalue weighted by Crippen LogP contribution is -2.21. The Labute approximate surface area is 133 Å². The third-order valence-corrected chi connectivity index (χ3v) is 4.05. The minimum absolute atomic E-state index is 0.285. The number of nitrogens with one attached hydrogen (secondary N) is 1. The van der Waals surface area contributed by atoms with Crippen LogP contribution in [-0.2, 0) is 0 Å². The van der Waals surface area contributed by atoms with E-state index in [9.17, 15) is 9.18 Å². The van der Waals surface area contributed by atoms with Crippen molar-refractivity contribution in [1.29, 1.82) is 0 Å². The van der Waals surface area contributed by atoms with Crippen LogP contribution in [0.2, 0.25) is 5.02 Å². The van der Waals surface area contributed by atoms with Gasteiger partial charge in [0.15, 0.2) is 0 Å². The number of anilines is 2. The summed E-state index contributed by atoms with van der Waals surface area (Å²) in [6.07, 6.45) is 2.23. The Kier molecular flexibility index (Phi) is 4.29. The number of carbonyl (C=O) groups is 1. The van der Waals surface area contributed by atoms with Crippen LogP contribution >= 0.6 is 11.6 Å². The summed E-state index contributed by atoms with van der Waals surface area (Å²) in [5.74, 6) is -0.777. The number of halogens is 2. The largest absolute Gasteiger partial charge is 0.369 e. The van der Waals surface area contributed by atoms with Crippen molar-refractivity contribution in [2.24, 2.45) is 0 Å². The maximum Gasteiger partial charge on any atom is 0.255 e. The third-order valence-electron chi connectivity index (χ3n) is 3.74. The fourth-order valence-corrected chi connectivity index (χ4v) is 3.00. The molecular formula is C17H16ClFN2O. The van der Waals surface area contributed by atoms with Crippen molar-refractivity contribution < 1.29 is 9.18 Å². The normalized spacial score (nSPS) is 14.2. The molecule has 1 amide bonds. The summed E-state index contributed by atoms with van der Waals surface area (Å²) in [5, 5.41) is 3.45. The molecule has 3 nitrogen and oxygen atoms in total. The molecule has 1 heterocycles. The quantitative estimate of drug-likeness (QED) is 0.913. The van der Waals surface area contributed by atoms with Crippen LogP contribution in [0.5, 0.6) is 0 Å². The highest BCUT2D eigenvalue weighted by Gasteiger charge is 2.20. The summed E-state index contributed by atoms with van der Waals surface area (Å²) in [4.78, 5) is 14.5. The molecule has 0 saturated carbocycles. The van der Waals surface area contributed by atoms with E-state index >= 15 is 0 Å². The van der Waals surface area contributed by atoms with E-state index in [1.54, 1.807) is 12.1 Å². The fraction of sp³-hybridized carbons (Fsp3) is 0.235. The van der Waals surface area contributed by atoms with Crippen molar-refractivity contribution in [3.63, 3.8) is 0 Å². The summed E-state index contributed by atoms with van der Waals surface area (Å²) < 4.78 is 13.2. The Balaban J connectivity index is 1.89. The first-order chi connectivity index (χ1) is 10.6. The minimum Gasteiger partial charge on any atom is -0.369 e. The molecule has 0 bridgehead atoms. The molecule has 0 unspecified atom stereocenters. The van der Waals surface area contributed by atoms with Gasteiger partial charge in [-0.05, 0) is 43.2 Å². The van der Waals surface area contributed by atoms with Crippen LogP contribution in [0.3, 0.4) is 0 Å². The molecule has 0 aliphatic carbocycles. The van der Waals surface area contributed by atoms with Crippen LogP contribution in [0.4, 0.5) is 15.8 Å². The van der Waals surface area contributed by atoms with Gasteiger partial charge in [-0.15, -0.1) is 0 Å². The van der Waals surface area contributed by atoms with Crippen molar-refractivity contribution >= 4 is 28.9 Å². The Morgan fingerprint density at radius 1 is 1.14 bits per heavy atom. The van der Waals surface area contributed by atoms with E-state index < -0.39 is 5.82 Å². The minimum atomic E-state index is -0.432. The zero-order chi connectivity index (χ0) is 15.5. The molecule has 0 spiro atoms. The first kappa shape index (κ1) is 14.9. The summed E-state index contributed by atoms with van der Waals surface area (Å²) in [6.45, 7) is 1.85. The average Bonchev–Trinajstić information content (AvgIpc) is 3.01. The van der Waals surface area contributed by atoms with Crippen LogP contribution in [0.15, 0.2) is 42.5 Å². The molecule has 1 aliphatic rings. The van der Waals surface area contributed by atoms with Crippen molar-refractivity contribution in [2.75, 3.05) is 23.3 Å². The van der Waals surface area contributed by atoms with Gasteiger partial charge in [0, 0.05) is 18.7 Å². The molecule has 0 aromatic heterocycles. The standard InChI is InChI=1S/C17H16ClFN2O/c18-14-7-4-8-15(16(14)21-9-1-2-10-21)20-17(22)12-5-3-6-13(19)11-12/h3-8,11H,1-2,9-10H2,(H,20,22). The number of hydrogen-bond donors (Lipinski definition) is 1. The third kappa shape index (κ3) is 3.07. The second-order valence-corrected chi connectivity index (χ2v) is 5.70. The van der Waals surface area contributed by atoms with E-state index in [1.165, 1.54) is 18.2 Å². The predicted molar refractivity (Wildman–Crippen MR) is 87.3 cm³/mol. The Hall–Kier alpha value is -2.07. The topological polar surface area (TPSA) is 32.3 Å². The van der Waals surface area contributed by atoms with Crippen LogP contribution in [0.1, 0.15) is 23.2 Å². The van der Waals surface area contributed by atoms with Crippen LogP contribution in [0, 0.1) is 5.82 Å².